The second-order valence-corrected chi connectivity index (χ2v) is 15.2. The Morgan fingerprint density at radius 2 is 0.879 bits per heavy atom. The van der Waals surface area contributed by atoms with Gasteiger partial charge in [0.15, 0.2) is 0 Å². The third-order valence-electron chi connectivity index (χ3n) is 10.2. The molecule has 0 saturated carbocycles. The van der Waals surface area contributed by atoms with E-state index in [1.165, 1.54) is 22.3 Å². The summed E-state index contributed by atoms with van der Waals surface area (Å²) in [5, 5.41) is 6.67. The van der Waals surface area contributed by atoms with Gasteiger partial charge in [-0.2, -0.15) is 0 Å². The van der Waals surface area contributed by atoms with Gasteiger partial charge in [0.25, 0.3) is 0 Å². The van der Waals surface area contributed by atoms with Gasteiger partial charge in [0.2, 0.25) is 0 Å². The molecular formula is C54H48N12. The van der Waals surface area contributed by atoms with E-state index in [1.54, 1.807) is 31.6 Å². The third-order valence-corrected chi connectivity index (χ3v) is 10.2. The lowest BCUT2D eigenvalue weighted by Crippen LogP contribution is -1.86. The van der Waals surface area contributed by atoms with Crippen molar-refractivity contribution < 1.29 is 0 Å². The van der Waals surface area contributed by atoms with E-state index < -0.39 is 0 Å². The number of hydrogen-bond donors (Lipinski definition) is 0. The minimum Gasteiger partial charge on any atom is -0.244 e. The highest BCUT2D eigenvalue weighted by Crippen LogP contribution is 2.16. The molecule has 0 saturated heterocycles. The van der Waals surface area contributed by atoms with E-state index in [9.17, 15) is 0 Å². The van der Waals surface area contributed by atoms with Gasteiger partial charge in [-0.25, -0.2) is 59.8 Å². The molecule has 12 nitrogen and oxygen atoms in total. The van der Waals surface area contributed by atoms with Crippen molar-refractivity contribution in [2.75, 3.05) is 0 Å². The molecule has 0 N–H and O–H groups in total. The highest BCUT2D eigenvalue weighted by Gasteiger charge is 1.98. The lowest BCUT2D eigenvalue weighted by Gasteiger charge is -1.97. The van der Waals surface area contributed by atoms with Crippen LogP contribution in [0.25, 0.3) is 65.4 Å². The Bertz CT molecular complexity index is 3090. The summed E-state index contributed by atoms with van der Waals surface area (Å²) in [6.07, 6.45) is 17.1. The van der Waals surface area contributed by atoms with Gasteiger partial charge in [0, 0.05) is 69.0 Å². The summed E-state index contributed by atoms with van der Waals surface area (Å²) in [6, 6.07) is 40.4. The fourth-order valence-corrected chi connectivity index (χ4v) is 6.71. The number of para-hydroxylation sites is 3. The highest BCUT2D eigenvalue weighted by molar-refractivity contribution is 5.82. The molecule has 0 atom stereocenters. The van der Waals surface area contributed by atoms with E-state index in [2.05, 4.69) is 124 Å². The van der Waals surface area contributed by atoms with Crippen LogP contribution in [0, 0.1) is 41.5 Å². The number of aromatic nitrogens is 12. The molecule has 324 valence electrons. The predicted molar refractivity (Wildman–Crippen MR) is 266 cm³/mol. The Morgan fingerprint density at radius 3 is 1.67 bits per heavy atom. The Labute approximate surface area is 383 Å². The first-order valence-corrected chi connectivity index (χ1v) is 21.2. The van der Waals surface area contributed by atoms with Crippen molar-refractivity contribution in [1.29, 1.82) is 0 Å². The lowest BCUT2D eigenvalue weighted by atomic mass is 10.1. The summed E-state index contributed by atoms with van der Waals surface area (Å²) in [4.78, 5) is 48.9. The van der Waals surface area contributed by atoms with E-state index in [-0.39, 0.29) is 0 Å². The van der Waals surface area contributed by atoms with Crippen LogP contribution in [0.1, 0.15) is 33.8 Å². The van der Waals surface area contributed by atoms with Crippen LogP contribution in [-0.4, -0.2) is 59.8 Å². The smallest absolute Gasteiger partial charge is 0.125 e. The molecule has 6 heterocycles. The van der Waals surface area contributed by atoms with E-state index in [4.69, 9.17) is 0 Å². The standard InChI is InChI=1S/6C9H8N2/c1-7-2-3-9-8(4-7)5-10-6-11-9;1-7-2-3-8-5-10-6-11-9(8)4-7;1-7-3-2-4-9-8(7)5-10-6-11-9;1-7-3-2-4-8-5-10-6-11-9(7)8;1-7-8-4-2-3-5-9(8)11-6-10-7;1-7-10-6-8-4-2-3-5-9(8)11-7/h6*2-6H,1H3. The van der Waals surface area contributed by atoms with Crippen LogP contribution in [0.5, 0.6) is 0 Å². The first-order chi connectivity index (χ1) is 32.2. The molecule has 0 amide bonds. The zero-order valence-electron chi connectivity index (χ0n) is 37.7. The molecule has 66 heavy (non-hydrogen) atoms. The molecule has 12 rings (SSSR count). The normalized spacial score (nSPS) is 10.3. The van der Waals surface area contributed by atoms with Gasteiger partial charge in [-0.05, 0) is 94.6 Å². The summed E-state index contributed by atoms with van der Waals surface area (Å²) in [5.74, 6) is 0.823. The summed E-state index contributed by atoms with van der Waals surface area (Å²) in [6.45, 7) is 12.1. The summed E-state index contributed by atoms with van der Waals surface area (Å²) in [5.41, 5.74) is 12.0. The van der Waals surface area contributed by atoms with Crippen LogP contribution < -0.4 is 0 Å². The van der Waals surface area contributed by atoms with E-state index in [0.29, 0.717) is 0 Å². The molecule has 0 aliphatic rings. The Hall–Kier alpha value is -8.64. The fourth-order valence-electron chi connectivity index (χ4n) is 6.71. The van der Waals surface area contributed by atoms with Gasteiger partial charge >= 0.3 is 0 Å². The maximum Gasteiger partial charge on any atom is 0.125 e. The fraction of sp³-hybridized carbons (Fsp3) is 0.111. The van der Waals surface area contributed by atoms with Crippen molar-refractivity contribution >= 4 is 65.4 Å². The summed E-state index contributed by atoms with van der Waals surface area (Å²) < 4.78 is 0. The van der Waals surface area contributed by atoms with E-state index in [0.717, 1.165) is 76.9 Å². The van der Waals surface area contributed by atoms with Gasteiger partial charge in [0.1, 0.15) is 37.5 Å². The van der Waals surface area contributed by atoms with Gasteiger partial charge in [0.05, 0.1) is 33.1 Å². The number of benzene rings is 6. The van der Waals surface area contributed by atoms with Crippen LogP contribution in [0.15, 0.2) is 184 Å². The molecule has 0 bridgehead atoms. The van der Waals surface area contributed by atoms with Crippen molar-refractivity contribution in [3.05, 3.63) is 218 Å². The molecule has 12 aromatic rings. The number of nitrogens with zero attached hydrogens (tertiary/aromatic N) is 12. The van der Waals surface area contributed by atoms with E-state index >= 15 is 0 Å². The maximum atomic E-state index is 4.26. The minimum atomic E-state index is 0.823. The van der Waals surface area contributed by atoms with Gasteiger partial charge in [-0.1, -0.05) is 90.5 Å². The van der Waals surface area contributed by atoms with Crippen LogP contribution in [-0.2, 0) is 0 Å². The SMILES string of the molecule is Cc1ccc2cncnc2c1.Cc1ccc2ncncc2c1.Cc1cccc2cncnc12.Cc1cccc2ncncc12.Cc1ncc2ccccc2n1.Cc1ncnc2ccccc12. The zero-order chi connectivity index (χ0) is 46.1. The molecule has 0 radical (unpaired) electrons. The van der Waals surface area contributed by atoms with Crippen molar-refractivity contribution in [1.82, 2.24) is 59.8 Å². The highest BCUT2D eigenvalue weighted by atomic mass is 14.9. The molecule has 6 aromatic carbocycles. The minimum absolute atomic E-state index is 0.823. The molecule has 12 heteroatoms. The van der Waals surface area contributed by atoms with Crippen molar-refractivity contribution in [2.45, 2.75) is 41.5 Å². The molecule has 0 aliphatic carbocycles. The zero-order valence-corrected chi connectivity index (χ0v) is 37.7. The van der Waals surface area contributed by atoms with Gasteiger partial charge in [-0.15, -0.1) is 0 Å². The molecule has 0 spiro atoms. The largest absolute Gasteiger partial charge is 0.244 e. The number of fused-ring (bicyclic) bond motifs is 6. The molecule has 0 unspecified atom stereocenters. The van der Waals surface area contributed by atoms with Crippen molar-refractivity contribution in [3.8, 4) is 0 Å². The first-order valence-electron chi connectivity index (χ1n) is 21.2. The Balaban J connectivity index is 0.000000118. The Kier molecular flexibility index (Phi) is 15.6. The average Bonchev–Trinajstić information content (AvgIpc) is 3.35. The van der Waals surface area contributed by atoms with Crippen LogP contribution in [0.2, 0.25) is 0 Å². The monoisotopic (exact) mass is 864 g/mol. The first kappa shape index (κ1) is 45.4. The molecular weight excluding hydrogens is 817 g/mol. The Morgan fingerprint density at radius 1 is 0.318 bits per heavy atom. The third kappa shape index (κ3) is 12.5. The quantitative estimate of drug-likeness (QED) is 0.142. The number of rotatable bonds is 0. The van der Waals surface area contributed by atoms with Gasteiger partial charge < -0.3 is 0 Å². The molecule has 0 fully saturated rings. The predicted octanol–water partition coefficient (Wildman–Crippen LogP) is 11.6. The van der Waals surface area contributed by atoms with Crippen molar-refractivity contribution in [3.63, 3.8) is 0 Å². The topological polar surface area (TPSA) is 155 Å². The molecule has 0 aliphatic heterocycles. The second-order valence-electron chi connectivity index (χ2n) is 15.2. The van der Waals surface area contributed by atoms with Crippen LogP contribution in [0.4, 0.5) is 0 Å². The lowest BCUT2D eigenvalue weighted by molar-refractivity contribution is 1.09. The summed E-state index contributed by atoms with van der Waals surface area (Å²) in [7, 11) is 0. The van der Waals surface area contributed by atoms with Gasteiger partial charge in [-0.3, -0.25) is 0 Å². The average molecular weight is 865 g/mol. The number of aryl methyl sites for hydroxylation is 6. The maximum absolute atomic E-state index is 4.26. The summed E-state index contributed by atoms with van der Waals surface area (Å²) >= 11 is 0. The van der Waals surface area contributed by atoms with E-state index in [1.807, 2.05) is 130 Å². The molecule has 6 aromatic heterocycles. The van der Waals surface area contributed by atoms with Crippen LogP contribution in [0.3, 0.4) is 0 Å². The number of hydrogen-bond acceptors (Lipinski definition) is 12. The van der Waals surface area contributed by atoms with Crippen molar-refractivity contribution in [2.24, 2.45) is 0 Å². The second kappa shape index (κ2) is 22.6. The van der Waals surface area contributed by atoms with Crippen LogP contribution >= 0.6 is 0 Å².